The van der Waals surface area contributed by atoms with Crippen molar-refractivity contribution in [2.75, 3.05) is 18.4 Å². The van der Waals surface area contributed by atoms with E-state index in [-0.39, 0.29) is 17.3 Å². The third-order valence-electron chi connectivity index (χ3n) is 4.14. The van der Waals surface area contributed by atoms with Crippen LogP contribution in [-0.4, -0.2) is 23.9 Å². The van der Waals surface area contributed by atoms with E-state index < -0.39 is 17.6 Å². The van der Waals surface area contributed by atoms with Crippen LogP contribution >= 0.6 is 11.6 Å². The van der Waals surface area contributed by atoms with Crippen molar-refractivity contribution in [2.45, 2.75) is 19.1 Å². The number of hydrogen-bond acceptors (Lipinski definition) is 2. The maximum absolute atomic E-state index is 13.1. The summed E-state index contributed by atoms with van der Waals surface area (Å²) in [6, 6.07) is 11.3. The van der Waals surface area contributed by atoms with Crippen LogP contribution in [0.5, 0.6) is 0 Å². The van der Waals surface area contributed by atoms with Gasteiger partial charge in [-0.05, 0) is 35.7 Å². The lowest BCUT2D eigenvalue weighted by Gasteiger charge is -2.28. The van der Waals surface area contributed by atoms with Crippen molar-refractivity contribution >= 4 is 23.2 Å². The highest BCUT2D eigenvalue weighted by Gasteiger charge is 2.34. The Labute approximate surface area is 148 Å². The number of nitrogens with zero attached hydrogens (tertiary/aromatic N) is 1. The highest BCUT2D eigenvalue weighted by atomic mass is 35.5. The Morgan fingerprint density at radius 2 is 1.88 bits per heavy atom. The maximum Gasteiger partial charge on any atom is 0.418 e. The molecule has 1 aliphatic rings. The lowest BCUT2D eigenvalue weighted by Crippen LogP contribution is -2.37. The average Bonchev–Trinajstić information content (AvgIpc) is 2.55. The van der Waals surface area contributed by atoms with Crippen LogP contribution < -0.4 is 5.32 Å². The van der Waals surface area contributed by atoms with Gasteiger partial charge in [0.15, 0.2) is 0 Å². The van der Waals surface area contributed by atoms with Gasteiger partial charge in [0.2, 0.25) is 5.91 Å². The molecule has 0 bridgehead atoms. The minimum absolute atomic E-state index is 0.0297. The van der Waals surface area contributed by atoms with E-state index in [0.29, 0.717) is 13.1 Å². The summed E-state index contributed by atoms with van der Waals surface area (Å²) < 4.78 is 39.2. The van der Waals surface area contributed by atoms with Crippen LogP contribution in [0.4, 0.5) is 18.9 Å². The summed E-state index contributed by atoms with van der Waals surface area (Å²) in [6.07, 6.45) is -3.77. The number of benzene rings is 2. The second kappa shape index (κ2) is 7.06. The van der Waals surface area contributed by atoms with Crippen LogP contribution in [0.25, 0.3) is 0 Å². The van der Waals surface area contributed by atoms with Gasteiger partial charge in [-0.3, -0.25) is 9.69 Å². The molecular formula is C18H16ClF3N2O. The van der Waals surface area contributed by atoms with E-state index in [2.05, 4.69) is 11.4 Å². The lowest BCUT2D eigenvalue weighted by molar-refractivity contribution is -0.137. The Kier molecular flexibility index (Phi) is 5.01. The second-order valence-electron chi connectivity index (χ2n) is 5.97. The van der Waals surface area contributed by atoms with Crippen molar-refractivity contribution in [1.82, 2.24) is 4.90 Å². The van der Waals surface area contributed by atoms with Crippen molar-refractivity contribution < 1.29 is 18.0 Å². The molecule has 2 aromatic rings. The number of alkyl halides is 3. The van der Waals surface area contributed by atoms with Gasteiger partial charge < -0.3 is 5.32 Å². The third-order valence-corrected chi connectivity index (χ3v) is 4.37. The highest BCUT2D eigenvalue weighted by molar-refractivity contribution is 6.30. The zero-order chi connectivity index (χ0) is 18.0. The van der Waals surface area contributed by atoms with Crippen LogP contribution in [-0.2, 0) is 23.9 Å². The van der Waals surface area contributed by atoms with Gasteiger partial charge in [0.05, 0.1) is 17.8 Å². The van der Waals surface area contributed by atoms with Crippen LogP contribution in [0, 0.1) is 0 Å². The van der Waals surface area contributed by atoms with Crippen molar-refractivity contribution in [3.63, 3.8) is 0 Å². The fourth-order valence-electron chi connectivity index (χ4n) is 2.94. The summed E-state index contributed by atoms with van der Waals surface area (Å²) in [5.41, 5.74) is 1.16. The normalized spacial score (nSPS) is 14.9. The summed E-state index contributed by atoms with van der Waals surface area (Å²) in [7, 11) is 0. The van der Waals surface area contributed by atoms with E-state index in [4.69, 9.17) is 11.6 Å². The number of nitrogens with one attached hydrogen (secondary N) is 1. The molecule has 0 unspecified atom stereocenters. The fourth-order valence-corrected chi connectivity index (χ4v) is 3.11. The van der Waals surface area contributed by atoms with Crippen LogP contribution in [0.2, 0.25) is 5.02 Å². The number of carbonyl (C=O) groups is 1. The molecule has 1 amide bonds. The number of amides is 1. The molecule has 0 saturated heterocycles. The van der Waals surface area contributed by atoms with E-state index in [1.54, 1.807) is 0 Å². The standard InChI is InChI=1S/C18H16ClF3N2O/c19-14-5-6-16(15(9-14)18(20,21)22)23-17(25)11-24-8-7-12-3-1-2-4-13(12)10-24/h1-6,9H,7-8,10-11H2,(H,23,25). The molecule has 0 spiro atoms. The van der Waals surface area contributed by atoms with Gasteiger partial charge in [0.25, 0.3) is 0 Å². The summed E-state index contributed by atoms with van der Waals surface area (Å²) in [5.74, 6) is -0.479. The molecule has 1 heterocycles. The number of anilines is 1. The maximum atomic E-state index is 13.1. The number of hydrogen-bond donors (Lipinski definition) is 1. The highest BCUT2D eigenvalue weighted by Crippen LogP contribution is 2.36. The summed E-state index contributed by atoms with van der Waals surface area (Å²) in [4.78, 5) is 14.1. The number of carbonyl (C=O) groups excluding carboxylic acids is 1. The molecule has 1 aliphatic heterocycles. The quantitative estimate of drug-likeness (QED) is 0.873. The predicted molar refractivity (Wildman–Crippen MR) is 90.5 cm³/mol. The first-order chi connectivity index (χ1) is 11.8. The minimum Gasteiger partial charge on any atom is -0.324 e. The fraction of sp³-hybridized carbons (Fsp3) is 0.278. The van der Waals surface area contributed by atoms with Gasteiger partial charge in [-0.25, -0.2) is 0 Å². The molecule has 0 aromatic heterocycles. The van der Waals surface area contributed by atoms with Gasteiger partial charge in [-0.2, -0.15) is 13.2 Å². The molecule has 7 heteroatoms. The smallest absolute Gasteiger partial charge is 0.324 e. The van der Waals surface area contributed by atoms with Crippen molar-refractivity contribution in [3.05, 3.63) is 64.2 Å². The molecular weight excluding hydrogens is 353 g/mol. The molecule has 0 saturated carbocycles. The SMILES string of the molecule is O=C(CN1CCc2ccccc2C1)Nc1ccc(Cl)cc1C(F)(F)F. The van der Waals surface area contributed by atoms with Crippen LogP contribution in [0.1, 0.15) is 16.7 Å². The molecule has 25 heavy (non-hydrogen) atoms. The van der Waals surface area contributed by atoms with Gasteiger partial charge in [0, 0.05) is 18.1 Å². The lowest BCUT2D eigenvalue weighted by atomic mass is 10.00. The Balaban J connectivity index is 1.68. The van der Waals surface area contributed by atoms with Gasteiger partial charge in [-0.15, -0.1) is 0 Å². The van der Waals surface area contributed by atoms with Crippen LogP contribution in [0.15, 0.2) is 42.5 Å². The summed E-state index contributed by atoms with van der Waals surface area (Å²) in [5, 5.41) is 2.33. The number of halogens is 4. The summed E-state index contributed by atoms with van der Waals surface area (Å²) in [6.45, 7) is 1.34. The Hall–Kier alpha value is -2.05. The predicted octanol–water partition coefficient (Wildman–Crippen LogP) is 4.36. The van der Waals surface area contributed by atoms with Crippen LogP contribution in [0.3, 0.4) is 0 Å². The first-order valence-corrected chi connectivity index (χ1v) is 8.16. The monoisotopic (exact) mass is 368 g/mol. The van der Waals surface area contributed by atoms with E-state index in [1.807, 2.05) is 23.1 Å². The largest absolute Gasteiger partial charge is 0.418 e. The van der Waals surface area contributed by atoms with Crippen molar-refractivity contribution in [2.24, 2.45) is 0 Å². The molecule has 2 aromatic carbocycles. The number of fused-ring (bicyclic) bond motifs is 1. The van der Waals surface area contributed by atoms with Crippen molar-refractivity contribution in [1.29, 1.82) is 0 Å². The molecule has 1 N–H and O–H groups in total. The zero-order valence-corrected chi connectivity index (χ0v) is 14.0. The van der Waals surface area contributed by atoms with Crippen molar-refractivity contribution in [3.8, 4) is 0 Å². The molecule has 0 aliphatic carbocycles. The Morgan fingerprint density at radius 1 is 1.16 bits per heavy atom. The third kappa shape index (κ3) is 4.32. The molecule has 0 radical (unpaired) electrons. The summed E-state index contributed by atoms with van der Waals surface area (Å²) >= 11 is 5.64. The Morgan fingerprint density at radius 3 is 2.60 bits per heavy atom. The first-order valence-electron chi connectivity index (χ1n) is 7.78. The topological polar surface area (TPSA) is 32.3 Å². The average molecular weight is 369 g/mol. The van der Waals surface area contributed by atoms with E-state index >= 15 is 0 Å². The van der Waals surface area contributed by atoms with E-state index in [1.165, 1.54) is 17.7 Å². The number of rotatable bonds is 3. The van der Waals surface area contributed by atoms with E-state index in [9.17, 15) is 18.0 Å². The minimum atomic E-state index is -4.59. The Bertz CT molecular complexity index is 792. The first kappa shape index (κ1) is 17.8. The molecule has 3 rings (SSSR count). The van der Waals surface area contributed by atoms with Gasteiger partial charge >= 0.3 is 6.18 Å². The zero-order valence-electron chi connectivity index (χ0n) is 13.2. The van der Waals surface area contributed by atoms with Gasteiger partial charge in [0.1, 0.15) is 0 Å². The van der Waals surface area contributed by atoms with Gasteiger partial charge in [-0.1, -0.05) is 35.9 Å². The molecule has 0 fully saturated rings. The molecule has 3 nitrogen and oxygen atoms in total. The molecule has 0 atom stereocenters. The molecule has 132 valence electrons. The van der Waals surface area contributed by atoms with E-state index in [0.717, 1.165) is 18.1 Å². The second-order valence-corrected chi connectivity index (χ2v) is 6.40.